The fraction of sp³-hybridized carbons (Fsp3) is 0.444. The molecule has 0 spiro atoms. The Morgan fingerprint density at radius 3 is 1.73 bits per heavy atom. The summed E-state index contributed by atoms with van der Waals surface area (Å²) in [7, 11) is 7.27. The molecule has 0 saturated carbocycles. The van der Waals surface area contributed by atoms with Gasteiger partial charge in [-0.05, 0) is 0 Å². The number of nitriles is 1. The summed E-state index contributed by atoms with van der Waals surface area (Å²) in [6, 6.07) is 1.91. The van der Waals surface area contributed by atoms with Gasteiger partial charge in [0.2, 0.25) is 5.82 Å². The molecule has 15 heavy (non-hydrogen) atoms. The maximum atomic E-state index is 8.79. The van der Waals surface area contributed by atoms with E-state index in [-0.39, 0.29) is 5.82 Å². The van der Waals surface area contributed by atoms with E-state index in [9.17, 15) is 0 Å². The Labute approximate surface area is 88.9 Å². The predicted octanol–water partition coefficient (Wildman–Crippen LogP) is 0.0625. The van der Waals surface area contributed by atoms with Crippen LogP contribution in [-0.2, 0) is 0 Å². The lowest BCUT2D eigenvalue weighted by Crippen LogP contribution is -2.20. The quantitative estimate of drug-likeness (QED) is 0.737. The van der Waals surface area contributed by atoms with Crippen LogP contribution in [0.2, 0.25) is 0 Å². The normalized spacial score (nSPS) is 9.53. The zero-order valence-corrected chi connectivity index (χ0v) is 9.31. The van der Waals surface area contributed by atoms with E-state index in [1.54, 1.807) is 9.80 Å². The number of aromatic nitrogens is 2. The van der Waals surface area contributed by atoms with Gasteiger partial charge in [0.25, 0.3) is 0 Å². The SMILES string of the molecule is CN(C)c1nc(C#N)nc(N(C)C)c1N. The number of nitrogens with zero attached hydrogens (tertiary/aromatic N) is 5. The number of hydrogen-bond acceptors (Lipinski definition) is 6. The molecule has 1 aromatic rings. The van der Waals surface area contributed by atoms with E-state index in [0.29, 0.717) is 17.3 Å². The zero-order valence-electron chi connectivity index (χ0n) is 9.31. The van der Waals surface area contributed by atoms with Gasteiger partial charge in [0.15, 0.2) is 11.6 Å². The van der Waals surface area contributed by atoms with Crippen molar-refractivity contribution >= 4 is 17.3 Å². The first kappa shape index (κ1) is 11.0. The summed E-state index contributed by atoms with van der Waals surface area (Å²) in [5.41, 5.74) is 6.37. The summed E-state index contributed by atoms with van der Waals surface area (Å²) in [5, 5.41) is 8.79. The lowest BCUT2D eigenvalue weighted by atomic mass is 10.4. The standard InChI is InChI=1S/C9H14N6/c1-14(2)8-7(11)9(15(3)4)13-6(5-10)12-8/h11H2,1-4H3. The third kappa shape index (κ3) is 2.07. The number of hydrogen-bond donors (Lipinski definition) is 1. The van der Waals surface area contributed by atoms with E-state index in [1.165, 1.54) is 0 Å². The van der Waals surface area contributed by atoms with Crippen LogP contribution in [0.5, 0.6) is 0 Å². The van der Waals surface area contributed by atoms with Crippen LogP contribution in [0.1, 0.15) is 5.82 Å². The van der Waals surface area contributed by atoms with Crippen LogP contribution in [0.25, 0.3) is 0 Å². The van der Waals surface area contributed by atoms with Gasteiger partial charge in [-0.1, -0.05) is 0 Å². The molecule has 0 amide bonds. The second-order valence-corrected chi connectivity index (χ2v) is 3.51. The Morgan fingerprint density at radius 2 is 1.47 bits per heavy atom. The first-order valence-electron chi connectivity index (χ1n) is 4.39. The van der Waals surface area contributed by atoms with E-state index >= 15 is 0 Å². The fourth-order valence-electron chi connectivity index (χ4n) is 1.18. The van der Waals surface area contributed by atoms with Crippen LogP contribution in [0.3, 0.4) is 0 Å². The van der Waals surface area contributed by atoms with Gasteiger partial charge in [-0.3, -0.25) is 0 Å². The minimum absolute atomic E-state index is 0.122. The lowest BCUT2D eigenvalue weighted by Gasteiger charge is -2.19. The van der Waals surface area contributed by atoms with E-state index in [4.69, 9.17) is 11.0 Å². The molecule has 0 atom stereocenters. The van der Waals surface area contributed by atoms with Crippen LogP contribution >= 0.6 is 0 Å². The molecule has 0 aliphatic carbocycles. The Balaban J connectivity index is 3.42. The minimum atomic E-state index is 0.122. The van der Waals surface area contributed by atoms with Crippen molar-refractivity contribution in [3.8, 4) is 6.07 Å². The summed E-state index contributed by atoms with van der Waals surface area (Å²) in [5.74, 6) is 1.24. The number of nitrogen functional groups attached to an aromatic ring is 1. The lowest BCUT2D eigenvalue weighted by molar-refractivity contribution is 0.986. The maximum Gasteiger partial charge on any atom is 0.236 e. The molecule has 6 heteroatoms. The average molecular weight is 206 g/mol. The third-order valence-corrected chi connectivity index (χ3v) is 1.85. The molecule has 0 saturated heterocycles. The largest absolute Gasteiger partial charge is 0.393 e. The Bertz CT molecular complexity index is 375. The number of nitrogens with two attached hydrogens (primary N) is 1. The first-order valence-corrected chi connectivity index (χ1v) is 4.39. The van der Waals surface area contributed by atoms with Gasteiger partial charge in [-0.15, -0.1) is 0 Å². The molecule has 0 aromatic carbocycles. The topological polar surface area (TPSA) is 82.1 Å². The molecule has 0 fully saturated rings. The second-order valence-electron chi connectivity index (χ2n) is 3.51. The highest BCUT2D eigenvalue weighted by Crippen LogP contribution is 2.27. The Hall–Kier alpha value is -2.03. The predicted molar refractivity (Wildman–Crippen MR) is 59.8 cm³/mol. The molecule has 2 N–H and O–H groups in total. The van der Waals surface area contributed by atoms with E-state index in [2.05, 4.69) is 9.97 Å². The van der Waals surface area contributed by atoms with Crippen molar-refractivity contribution in [2.45, 2.75) is 0 Å². The van der Waals surface area contributed by atoms with Crippen LogP contribution in [0.4, 0.5) is 17.3 Å². The smallest absolute Gasteiger partial charge is 0.236 e. The molecule has 0 aliphatic rings. The zero-order chi connectivity index (χ0) is 11.6. The van der Waals surface area contributed by atoms with Crippen LogP contribution in [-0.4, -0.2) is 38.2 Å². The summed E-state index contributed by atoms with van der Waals surface area (Å²) < 4.78 is 0. The molecule has 1 aromatic heterocycles. The molecule has 0 unspecified atom stereocenters. The van der Waals surface area contributed by atoms with Crippen molar-refractivity contribution in [1.29, 1.82) is 5.26 Å². The molecular formula is C9H14N6. The molecule has 6 nitrogen and oxygen atoms in total. The van der Waals surface area contributed by atoms with Crippen molar-refractivity contribution in [2.24, 2.45) is 0 Å². The Morgan fingerprint density at radius 1 is 1.07 bits per heavy atom. The third-order valence-electron chi connectivity index (χ3n) is 1.85. The molecule has 0 radical (unpaired) electrons. The maximum absolute atomic E-state index is 8.79. The van der Waals surface area contributed by atoms with Gasteiger partial charge in [0, 0.05) is 28.2 Å². The van der Waals surface area contributed by atoms with E-state index in [1.807, 2.05) is 34.3 Å². The number of rotatable bonds is 2. The molecular weight excluding hydrogens is 192 g/mol. The van der Waals surface area contributed by atoms with Crippen LogP contribution < -0.4 is 15.5 Å². The van der Waals surface area contributed by atoms with Crippen molar-refractivity contribution in [2.75, 3.05) is 43.7 Å². The minimum Gasteiger partial charge on any atom is -0.393 e. The Kier molecular flexibility index (Phi) is 2.95. The van der Waals surface area contributed by atoms with E-state index in [0.717, 1.165) is 0 Å². The van der Waals surface area contributed by atoms with Gasteiger partial charge in [-0.2, -0.15) is 15.2 Å². The molecule has 0 aliphatic heterocycles. The van der Waals surface area contributed by atoms with Crippen molar-refractivity contribution in [1.82, 2.24) is 9.97 Å². The van der Waals surface area contributed by atoms with Crippen molar-refractivity contribution in [3.63, 3.8) is 0 Å². The van der Waals surface area contributed by atoms with Gasteiger partial charge >= 0.3 is 0 Å². The summed E-state index contributed by atoms with van der Waals surface area (Å²) in [6.45, 7) is 0. The average Bonchev–Trinajstić information content (AvgIpc) is 2.17. The summed E-state index contributed by atoms with van der Waals surface area (Å²) in [6.07, 6.45) is 0. The monoisotopic (exact) mass is 206 g/mol. The summed E-state index contributed by atoms with van der Waals surface area (Å²) >= 11 is 0. The van der Waals surface area contributed by atoms with Gasteiger partial charge in [-0.25, -0.2) is 0 Å². The number of anilines is 3. The van der Waals surface area contributed by atoms with Gasteiger partial charge in [0.05, 0.1) is 0 Å². The molecule has 1 heterocycles. The first-order chi connectivity index (χ1) is 6.97. The second kappa shape index (κ2) is 4.00. The highest BCUT2D eigenvalue weighted by molar-refractivity contribution is 5.75. The highest BCUT2D eigenvalue weighted by atomic mass is 15.2. The fourth-order valence-corrected chi connectivity index (χ4v) is 1.18. The van der Waals surface area contributed by atoms with Crippen molar-refractivity contribution < 1.29 is 0 Å². The van der Waals surface area contributed by atoms with Gasteiger partial charge < -0.3 is 15.5 Å². The van der Waals surface area contributed by atoms with Crippen molar-refractivity contribution in [3.05, 3.63) is 5.82 Å². The molecule has 1 rings (SSSR count). The molecule has 0 bridgehead atoms. The van der Waals surface area contributed by atoms with Gasteiger partial charge in [0.1, 0.15) is 11.8 Å². The summed E-state index contributed by atoms with van der Waals surface area (Å²) in [4.78, 5) is 11.6. The highest BCUT2D eigenvalue weighted by Gasteiger charge is 2.14. The van der Waals surface area contributed by atoms with E-state index < -0.39 is 0 Å². The molecule has 80 valence electrons. The van der Waals surface area contributed by atoms with Crippen LogP contribution in [0, 0.1) is 11.3 Å². The van der Waals surface area contributed by atoms with Crippen LogP contribution in [0.15, 0.2) is 0 Å².